The van der Waals surface area contributed by atoms with E-state index in [2.05, 4.69) is 6.92 Å². The molecule has 0 N–H and O–H groups in total. The first-order valence-corrected chi connectivity index (χ1v) is 7.29. The molecule has 0 aromatic rings. The molecule has 0 aliphatic carbocycles. The third kappa shape index (κ3) is 2.60. The summed E-state index contributed by atoms with van der Waals surface area (Å²) in [5.41, 5.74) is 0. The molecule has 0 aromatic heterocycles. The van der Waals surface area contributed by atoms with Gasteiger partial charge in [-0.15, -0.1) is 0 Å². The lowest BCUT2D eigenvalue weighted by Crippen LogP contribution is -2.37. The molecule has 1 unspecified atom stereocenters. The van der Waals surface area contributed by atoms with Crippen LogP contribution in [0.3, 0.4) is 0 Å². The number of hydrogen-bond donors (Lipinski definition) is 0. The topological polar surface area (TPSA) is 37.4 Å². The molecule has 2 saturated heterocycles. The quantitative estimate of drug-likeness (QED) is 0.673. The summed E-state index contributed by atoms with van der Waals surface area (Å²) in [6.45, 7) is 4.06. The monoisotopic (exact) mass is 229 g/mol. The van der Waals surface area contributed by atoms with Gasteiger partial charge in [0, 0.05) is 41.3 Å². The van der Waals surface area contributed by atoms with Crippen LogP contribution in [-0.2, 0) is 15.6 Å². The van der Waals surface area contributed by atoms with Gasteiger partial charge in [0.1, 0.15) is 0 Å². The molecule has 15 heavy (non-hydrogen) atoms. The van der Waals surface area contributed by atoms with Crippen molar-refractivity contribution in [2.24, 2.45) is 11.8 Å². The molecule has 2 rings (SSSR count). The van der Waals surface area contributed by atoms with Crippen LogP contribution in [0.4, 0.5) is 0 Å². The van der Waals surface area contributed by atoms with Crippen molar-refractivity contribution in [1.82, 2.24) is 4.90 Å². The third-order valence-electron chi connectivity index (χ3n) is 3.47. The normalized spacial score (nSPS) is 36.9. The maximum absolute atomic E-state index is 12.1. The van der Waals surface area contributed by atoms with Crippen molar-refractivity contribution in [2.75, 3.05) is 24.6 Å². The lowest BCUT2D eigenvalue weighted by atomic mass is 10.0. The Hall–Kier alpha value is -0.380. The molecule has 0 saturated carbocycles. The van der Waals surface area contributed by atoms with E-state index in [1.165, 1.54) is 0 Å². The van der Waals surface area contributed by atoms with Crippen molar-refractivity contribution in [3.63, 3.8) is 0 Å². The van der Waals surface area contributed by atoms with Gasteiger partial charge in [-0.25, -0.2) is 0 Å². The second kappa shape index (κ2) is 4.64. The SMILES string of the molecule is CC1CCN(C(=O)C2CCS(=O)CC2)C1. The first-order chi connectivity index (χ1) is 7.16. The number of amides is 1. The Kier molecular flexibility index (Phi) is 3.44. The van der Waals surface area contributed by atoms with Crippen LogP contribution in [0.1, 0.15) is 26.2 Å². The fourth-order valence-electron chi connectivity index (χ4n) is 2.43. The van der Waals surface area contributed by atoms with Crippen LogP contribution >= 0.6 is 0 Å². The van der Waals surface area contributed by atoms with Gasteiger partial charge in [-0.2, -0.15) is 0 Å². The summed E-state index contributed by atoms with van der Waals surface area (Å²) < 4.78 is 11.2. The van der Waals surface area contributed by atoms with E-state index in [0.29, 0.717) is 11.8 Å². The number of rotatable bonds is 1. The number of hydrogen-bond acceptors (Lipinski definition) is 2. The highest BCUT2D eigenvalue weighted by Crippen LogP contribution is 2.23. The lowest BCUT2D eigenvalue weighted by Gasteiger charge is -2.25. The van der Waals surface area contributed by atoms with E-state index in [4.69, 9.17) is 0 Å². The van der Waals surface area contributed by atoms with Crippen molar-refractivity contribution in [2.45, 2.75) is 26.2 Å². The zero-order chi connectivity index (χ0) is 10.8. The Balaban J connectivity index is 1.88. The van der Waals surface area contributed by atoms with E-state index in [9.17, 15) is 9.00 Å². The minimum atomic E-state index is -0.657. The van der Waals surface area contributed by atoms with Gasteiger partial charge in [-0.05, 0) is 25.2 Å². The highest BCUT2D eigenvalue weighted by molar-refractivity contribution is 7.85. The van der Waals surface area contributed by atoms with Gasteiger partial charge < -0.3 is 4.90 Å². The standard InChI is InChI=1S/C11H19NO2S/c1-9-2-5-12(8-9)11(13)10-3-6-15(14)7-4-10/h9-10H,2-8H2,1H3. The minimum Gasteiger partial charge on any atom is -0.342 e. The van der Waals surface area contributed by atoms with Gasteiger partial charge in [-0.1, -0.05) is 6.92 Å². The van der Waals surface area contributed by atoms with Crippen molar-refractivity contribution in [1.29, 1.82) is 0 Å². The summed E-state index contributed by atoms with van der Waals surface area (Å²) in [5.74, 6) is 2.58. The zero-order valence-corrected chi connectivity index (χ0v) is 10.1. The van der Waals surface area contributed by atoms with Gasteiger partial charge in [0.25, 0.3) is 0 Å². The molecule has 0 radical (unpaired) electrons. The fraction of sp³-hybridized carbons (Fsp3) is 0.909. The van der Waals surface area contributed by atoms with Gasteiger partial charge in [0.2, 0.25) is 5.91 Å². The number of nitrogens with zero attached hydrogens (tertiary/aromatic N) is 1. The molecule has 0 aromatic carbocycles. The van der Waals surface area contributed by atoms with Crippen molar-refractivity contribution in [3.8, 4) is 0 Å². The summed E-state index contributed by atoms with van der Waals surface area (Å²) in [4.78, 5) is 14.1. The summed E-state index contributed by atoms with van der Waals surface area (Å²) >= 11 is 0. The predicted octanol–water partition coefficient (Wildman–Crippen LogP) is 1.01. The van der Waals surface area contributed by atoms with Crippen molar-refractivity contribution in [3.05, 3.63) is 0 Å². The molecular weight excluding hydrogens is 210 g/mol. The van der Waals surface area contributed by atoms with E-state index < -0.39 is 10.8 Å². The van der Waals surface area contributed by atoms with Crippen LogP contribution in [0.15, 0.2) is 0 Å². The molecular formula is C11H19NO2S. The average molecular weight is 229 g/mol. The maximum atomic E-state index is 12.1. The molecule has 1 amide bonds. The largest absolute Gasteiger partial charge is 0.342 e. The molecule has 0 spiro atoms. The van der Waals surface area contributed by atoms with Gasteiger partial charge in [0.05, 0.1) is 0 Å². The van der Waals surface area contributed by atoms with Crippen LogP contribution in [-0.4, -0.2) is 39.6 Å². The minimum absolute atomic E-state index is 0.160. The fourth-order valence-corrected chi connectivity index (χ4v) is 3.73. The second-order valence-corrected chi connectivity index (χ2v) is 6.50. The molecule has 4 heteroatoms. The summed E-state index contributed by atoms with van der Waals surface area (Å²) in [5, 5.41) is 0. The number of carbonyl (C=O) groups excluding carboxylic acids is 1. The molecule has 86 valence electrons. The van der Waals surface area contributed by atoms with E-state index in [-0.39, 0.29) is 5.92 Å². The molecule has 2 aliphatic rings. The highest BCUT2D eigenvalue weighted by atomic mass is 32.2. The maximum Gasteiger partial charge on any atom is 0.225 e. The third-order valence-corrected chi connectivity index (χ3v) is 4.85. The van der Waals surface area contributed by atoms with E-state index in [1.54, 1.807) is 0 Å². The Labute approximate surface area is 93.7 Å². The lowest BCUT2D eigenvalue weighted by molar-refractivity contribution is -0.134. The van der Waals surface area contributed by atoms with Crippen LogP contribution in [0.2, 0.25) is 0 Å². The Morgan fingerprint density at radius 1 is 1.27 bits per heavy atom. The van der Waals surface area contributed by atoms with Crippen LogP contribution < -0.4 is 0 Å². The molecule has 2 aliphatic heterocycles. The van der Waals surface area contributed by atoms with E-state index in [1.807, 2.05) is 4.90 Å². The average Bonchev–Trinajstić information content (AvgIpc) is 2.65. The van der Waals surface area contributed by atoms with E-state index >= 15 is 0 Å². The van der Waals surface area contributed by atoms with Gasteiger partial charge in [-0.3, -0.25) is 9.00 Å². The Bertz CT molecular complexity index is 270. The summed E-state index contributed by atoms with van der Waals surface area (Å²) in [7, 11) is -0.657. The second-order valence-electron chi connectivity index (χ2n) is 4.80. The predicted molar refractivity (Wildman–Crippen MR) is 61.0 cm³/mol. The first kappa shape index (κ1) is 11.1. The number of likely N-dealkylation sites (tertiary alicyclic amines) is 1. The Morgan fingerprint density at radius 2 is 1.93 bits per heavy atom. The molecule has 1 atom stereocenters. The van der Waals surface area contributed by atoms with Crippen molar-refractivity contribution >= 4 is 16.7 Å². The molecule has 3 nitrogen and oxygen atoms in total. The highest BCUT2D eigenvalue weighted by Gasteiger charge is 2.31. The zero-order valence-electron chi connectivity index (χ0n) is 9.28. The Morgan fingerprint density at radius 3 is 2.47 bits per heavy atom. The van der Waals surface area contributed by atoms with E-state index in [0.717, 1.165) is 43.9 Å². The molecule has 0 bridgehead atoms. The smallest absolute Gasteiger partial charge is 0.225 e. The van der Waals surface area contributed by atoms with Crippen LogP contribution in [0.5, 0.6) is 0 Å². The van der Waals surface area contributed by atoms with Crippen LogP contribution in [0.25, 0.3) is 0 Å². The van der Waals surface area contributed by atoms with Crippen molar-refractivity contribution < 1.29 is 9.00 Å². The first-order valence-electron chi connectivity index (χ1n) is 5.80. The molecule has 2 heterocycles. The van der Waals surface area contributed by atoms with Crippen LogP contribution in [0, 0.1) is 11.8 Å². The number of carbonyl (C=O) groups is 1. The van der Waals surface area contributed by atoms with Gasteiger partial charge >= 0.3 is 0 Å². The molecule has 2 fully saturated rings. The van der Waals surface area contributed by atoms with Gasteiger partial charge in [0.15, 0.2) is 0 Å². The summed E-state index contributed by atoms with van der Waals surface area (Å²) in [6, 6.07) is 0. The summed E-state index contributed by atoms with van der Waals surface area (Å²) in [6.07, 6.45) is 2.80.